The number of aliphatic hydroxyl groups excluding tert-OH is 1. The Morgan fingerprint density at radius 3 is 2.81 bits per heavy atom. The van der Waals surface area contributed by atoms with E-state index in [0.717, 1.165) is 52.1 Å². The Morgan fingerprint density at radius 2 is 2.04 bits per heavy atom. The lowest BCUT2D eigenvalue weighted by molar-refractivity contribution is 0.203. The first-order chi connectivity index (χ1) is 13.2. The van der Waals surface area contributed by atoms with Crippen LogP contribution in [0.1, 0.15) is 12.8 Å². The average molecular weight is 383 g/mol. The van der Waals surface area contributed by atoms with E-state index in [9.17, 15) is 14.3 Å². The quantitative estimate of drug-likeness (QED) is 0.519. The number of halogens is 1. The number of hydrogen-bond donors (Lipinski definition) is 2. The van der Waals surface area contributed by atoms with Crippen molar-refractivity contribution in [1.29, 1.82) is 0 Å². The molecule has 7 heteroatoms. The van der Waals surface area contributed by atoms with Gasteiger partial charge < -0.3 is 15.0 Å². The Labute approximate surface area is 158 Å². The number of anilines is 1. The van der Waals surface area contributed by atoms with Crippen LogP contribution in [-0.2, 0) is 0 Å². The maximum Gasteiger partial charge on any atom is 0.256 e. The van der Waals surface area contributed by atoms with Gasteiger partial charge >= 0.3 is 0 Å². The van der Waals surface area contributed by atoms with Gasteiger partial charge in [0.2, 0.25) is 0 Å². The molecule has 1 fully saturated rings. The minimum Gasteiger partial charge on any atom is -0.396 e. The van der Waals surface area contributed by atoms with E-state index < -0.39 is 0 Å². The van der Waals surface area contributed by atoms with Gasteiger partial charge in [-0.25, -0.2) is 9.37 Å². The van der Waals surface area contributed by atoms with Crippen molar-refractivity contribution in [2.24, 2.45) is 5.92 Å². The van der Waals surface area contributed by atoms with Gasteiger partial charge in [0.25, 0.3) is 5.56 Å². The highest BCUT2D eigenvalue weighted by Crippen LogP contribution is 2.40. The second kappa shape index (κ2) is 6.28. The highest BCUT2D eigenvalue weighted by atomic mass is 32.1. The lowest BCUT2D eigenvalue weighted by Gasteiger charge is -2.30. The van der Waals surface area contributed by atoms with Gasteiger partial charge in [-0.15, -0.1) is 0 Å². The van der Waals surface area contributed by atoms with Crippen LogP contribution in [0.15, 0.2) is 35.3 Å². The Hall–Kier alpha value is -2.51. The minimum atomic E-state index is -0.368. The van der Waals surface area contributed by atoms with Gasteiger partial charge in [-0.2, -0.15) is 0 Å². The van der Waals surface area contributed by atoms with Crippen molar-refractivity contribution < 1.29 is 9.50 Å². The SMILES string of the molecule is O=c1[nH]ccc2c3sc(N4CCC(CO)CC4)nc3c3ccc(F)cc3c12. The molecule has 0 unspecified atom stereocenters. The van der Waals surface area contributed by atoms with Crippen LogP contribution in [0.3, 0.4) is 0 Å². The van der Waals surface area contributed by atoms with Gasteiger partial charge in [-0.1, -0.05) is 11.3 Å². The number of nitrogens with zero attached hydrogens (tertiary/aromatic N) is 2. The fourth-order valence-corrected chi connectivity index (χ4v) is 5.14. The fraction of sp³-hybridized carbons (Fsp3) is 0.300. The van der Waals surface area contributed by atoms with Crippen molar-refractivity contribution in [2.75, 3.05) is 24.6 Å². The number of aliphatic hydroxyl groups is 1. The first-order valence-electron chi connectivity index (χ1n) is 9.04. The topological polar surface area (TPSA) is 69.2 Å². The zero-order valence-corrected chi connectivity index (χ0v) is 15.4. The van der Waals surface area contributed by atoms with Crippen molar-refractivity contribution >= 4 is 48.2 Å². The molecule has 4 aromatic rings. The fourth-order valence-electron chi connectivity index (χ4n) is 3.98. The third-order valence-corrected chi connectivity index (χ3v) is 6.62. The molecule has 2 N–H and O–H groups in total. The van der Waals surface area contributed by atoms with E-state index in [-0.39, 0.29) is 18.0 Å². The number of fused-ring (bicyclic) bond motifs is 6. The van der Waals surface area contributed by atoms with Crippen LogP contribution >= 0.6 is 11.3 Å². The number of H-pyrrole nitrogens is 1. The number of nitrogens with one attached hydrogen (secondary N) is 1. The number of piperidine rings is 1. The number of hydrogen-bond acceptors (Lipinski definition) is 5. The lowest BCUT2D eigenvalue weighted by Crippen LogP contribution is -2.34. The maximum atomic E-state index is 13.9. The molecule has 5 rings (SSSR count). The van der Waals surface area contributed by atoms with Crippen LogP contribution in [0.4, 0.5) is 9.52 Å². The van der Waals surface area contributed by atoms with E-state index in [4.69, 9.17) is 4.98 Å². The molecule has 3 heterocycles. The predicted molar refractivity (Wildman–Crippen MR) is 107 cm³/mol. The third kappa shape index (κ3) is 2.61. The van der Waals surface area contributed by atoms with Crippen LogP contribution < -0.4 is 10.5 Å². The highest BCUT2D eigenvalue weighted by Gasteiger charge is 2.23. The van der Waals surface area contributed by atoms with E-state index >= 15 is 0 Å². The summed E-state index contributed by atoms with van der Waals surface area (Å²) in [6.45, 7) is 1.95. The lowest BCUT2D eigenvalue weighted by atomic mass is 9.98. The summed E-state index contributed by atoms with van der Waals surface area (Å²) in [6, 6.07) is 6.40. The largest absolute Gasteiger partial charge is 0.396 e. The standard InChI is InChI=1S/C20H18FN3O2S/c21-12-1-2-13-15(9-12)16-14(3-6-22-19(16)26)18-17(13)23-20(27-18)24-7-4-11(10-25)5-8-24/h1-3,6,9,11,25H,4-5,7-8,10H2,(H,22,26). The molecule has 0 spiro atoms. The van der Waals surface area contributed by atoms with Crippen molar-refractivity contribution in [3.8, 4) is 0 Å². The zero-order valence-electron chi connectivity index (χ0n) is 14.5. The van der Waals surface area contributed by atoms with Crippen molar-refractivity contribution in [3.63, 3.8) is 0 Å². The molecule has 0 amide bonds. The molecular formula is C20H18FN3O2S. The van der Waals surface area contributed by atoms with E-state index in [2.05, 4.69) is 9.88 Å². The molecule has 0 radical (unpaired) electrons. The van der Waals surface area contributed by atoms with Gasteiger partial charge in [0.1, 0.15) is 5.82 Å². The maximum absolute atomic E-state index is 13.9. The monoisotopic (exact) mass is 383 g/mol. The number of rotatable bonds is 2. The van der Waals surface area contributed by atoms with E-state index in [0.29, 0.717) is 16.7 Å². The summed E-state index contributed by atoms with van der Waals surface area (Å²) < 4.78 is 14.9. The molecule has 0 atom stereocenters. The molecule has 0 aliphatic carbocycles. The van der Waals surface area contributed by atoms with Crippen LogP contribution in [-0.4, -0.2) is 34.8 Å². The zero-order chi connectivity index (χ0) is 18.5. The molecule has 1 aliphatic rings. The summed E-state index contributed by atoms with van der Waals surface area (Å²) in [4.78, 5) is 22.3. The third-order valence-electron chi connectivity index (χ3n) is 5.47. The Morgan fingerprint density at radius 1 is 1.22 bits per heavy atom. The van der Waals surface area contributed by atoms with E-state index in [1.54, 1.807) is 23.6 Å². The molecular weight excluding hydrogens is 365 g/mol. The number of aromatic nitrogens is 2. The summed E-state index contributed by atoms with van der Waals surface area (Å²) in [5.74, 6) is -0.00763. The Kier molecular flexibility index (Phi) is 3.87. The Bertz CT molecular complexity index is 1220. The van der Waals surface area contributed by atoms with E-state index in [1.807, 2.05) is 6.07 Å². The molecule has 2 aromatic heterocycles. The first kappa shape index (κ1) is 16.6. The van der Waals surface area contributed by atoms with Gasteiger partial charge in [0.05, 0.1) is 15.6 Å². The van der Waals surface area contributed by atoms with Crippen LogP contribution in [0, 0.1) is 11.7 Å². The summed E-state index contributed by atoms with van der Waals surface area (Å²) in [7, 11) is 0. The predicted octanol–water partition coefficient (Wildman–Crippen LogP) is 3.64. The second-order valence-corrected chi connectivity index (χ2v) is 8.05. The molecule has 1 aliphatic heterocycles. The first-order valence-corrected chi connectivity index (χ1v) is 9.86. The average Bonchev–Trinajstić information content (AvgIpc) is 3.13. The molecule has 0 bridgehead atoms. The van der Waals surface area contributed by atoms with Gasteiger partial charge in [-0.3, -0.25) is 4.79 Å². The summed E-state index contributed by atoms with van der Waals surface area (Å²) in [5.41, 5.74) is 0.594. The van der Waals surface area contributed by atoms with Crippen molar-refractivity contribution in [1.82, 2.24) is 9.97 Å². The molecule has 27 heavy (non-hydrogen) atoms. The molecule has 2 aromatic carbocycles. The van der Waals surface area contributed by atoms with Crippen LogP contribution in [0.2, 0.25) is 0 Å². The van der Waals surface area contributed by atoms with Gasteiger partial charge in [0, 0.05) is 42.1 Å². The molecule has 138 valence electrons. The summed E-state index contributed by atoms with van der Waals surface area (Å²) in [6.07, 6.45) is 3.51. The van der Waals surface area contributed by atoms with Crippen LogP contribution in [0.25, 0.3) is 31.8 Å². The minimum absolute atomic E-state index is 0.219. The van der Waals surface area contributed by atoms with E-state index in [1.165, 1.54) is 12.1 Å². The van der Waals surface area contributed by atoms with Crippen molar-refractivity contribution in [2.45, 2.75) is 12.8 Å². The number of aromatic amines is 1. The second-order valence-electron chi connectivity index (χ2n) is 7.07. The van der Waals surface area contributed by atoms with Crippen molar-refractivity contribution in [3.05, 3.63) is 46.6 Å². The number of benzene rings is 2. The molecule has 1 saturated heterocycles. The van der Waals surface area contributed by atoms with Gasteiger partial charge in [-0.05, 0) is 43.0 Å². The number of thiazole rings is 1. The smallest absolute Gasteiger partial charge is 0.256 e. The summed E-state index contributed by atoms with van der Waals surface area (Å²) in [5, 5.41) is 13.0. The highest BCUT2D eigenvalue weighted by molar-refractivity contribution is 7.23. The van der Waals surface area contributed by atoms with Gasteiger partial charge in [0.15, 0.2) is 5.13 Å². The van der Waals surface area contributed by atoms with Crippen LogP contribution in [0.5, 0.6) is 0 Å². The molecule has 0 saturated carbocycles. The molecule has 5 nitrogen and oxygen atoms in total. The summed E-state index contributed by atoms with van der Waals surface area (Å²) >= 11 is 1.58. The Balaban J connectivity index is 1.77. The normalized spacial score (nSPS) is 16.0. The number of pyridine rings is 1.